The van der Waals surface area contributed by atoms with Gasteiger partial charge < -0.3 is 10.6 Å². The summed E-state index contributed by atoms with van der Waals surface area (Å²) in [4.78, 5) is 10.5. The molecule has 6 nitrogen and oxygen atoms in total. The number of hydrogen-bond donors (Lipinski definition) is 1. The molecule has 0 aliphatic carbocycles. The van der Waals surface area contributed by atoms with Gasteiger partial charge in [0.15, 0.2) is 9.84 Å². The topological polar surface area (TPSA) is 89.2 Å². The summed E-state index contributed by atoms with van der Waals surface area (Å²) in [5, 5.41) is -0.546. The van der Waals surface area contributed by atoms with Gasteiger partial charge in [-0.05, 0) is 0 Å². The van der Waals surface area contributed by atoms with Gasteiger partial charge in [-0.2, -0.15) is 11.8 Å². The Kier molecular flexibility index (Phi) is 4.43. The minimum atomic E-state index is -3.17. The smallest absolute Gasteiger partial charge is 0.169 e. The van der Waals surface area contributed by atoms with E-state index in [2.05, 4.69) is 9.97 Å². The minimum absolute atomic E-state index is 0.146. The first kappa shape index (κ1) is 15.4. The molecule has 1 unspecified atom stereocenters. The van der Waals surface area contributed by atoms with Gasteiger partial charge >= 0.3 is 0 Å². The van der Waals surface area contributed by atoms with Gasteiger partial charge in [-0.25, -0.2) is 18.4 Å². The number of sulfone groups is 1. The molecule has 1 aromatic heterocycles. The van der Waals surface area contributed by atoms with E-state index in [0.717, 1.165) is 5.75 Å². The average molecular weight is 316 g/mol. The van der Waals surface area contributed by atoms with Gasteiger partial charge in [0.2, 0.25) is 0 Å². The average Bonchev–Trinajstić information content (AvgIpc) is 2.37. The van der Waals surface area contributed by atoms with Crippen LogP contribution < -0.4 is 10.6 Å². The Morgan fingerprint density at radius 1 is 1.45 bits per heavy atom. The van der Waals surface area contributed by atoms with Crippen molar-refractivity contribution in [3.05, 3.63) is 11.9 Å². The lowest BCUT2D eigenvalue weighted by Gasteiger charge is -2.35. The molecule has 1 aliphatic rings. The summed E-state index contributed by atoms with van der Waals surface area (Å²) in [6, 6.07) is 1.65. The Balaban J connectivity index is 2.42. The summed E-state index contributed by atoms with van der Waals surface area (Å²) in [6.45, 7) is 4.62. The van der Waals surface area contributed by atoms with Gasteiger partial charge in [-0.3, -0.25) is 0 Å². The number of aromatic nitrogens is 2. The maximum Gasteiger partial charge on any atom is 0.169 e. The predicted molar refractivity (Wildman–Crippen MR) is 83.8 cm³/mol. The van der Waals surface area contributed by atoms with Gasteiger partial charge in [0.25, 0.3) is 0 Å². The minimum Gasteiger partial charge on any atom is -0.384 e. The number of nitrogens with two attached hydrogens (primary N) is 1. The summed E-state index contributed by atoms with van der Waals surface area (Å²) in [7, 11) is -3.17. The number of anilines is 2. The van der Waals surface area contributed by atoms with E-state index in [4.69, 9.17) is 5.73 Å². The number of thioether (sulfide) groups is 1. The highest BCUT2D eigenvalue weighted by Crippen LogP contribution is 2.27. The summed E-state index contributed by atoms with van der Waals surface area (Å²) in [5.41, 5.74) is 5.83. The molecule has 0 amide bonds. The molecular formula is C12H20N4O2S2. The first-order chi connectivity index (χ1) is 9.29. The van der Waals surface area contributed by atoms with Gasteiger partial charge in [-0.15, -0.1) is 0 Å². The lowest BCUT2D eigenvalue weighted by molar-refractivity contribution is 0.583. The third-order valence-corrected chi connectivity index (χ3v) is 5.78. The number of rotatable bonds is 3. The lowest BCUT2D eigenvalue weighted by Crippen LogP contribution is -2.47. The van der Waals surface area contributed by atoms with Crippen LogP contribution in [0.3, 0.4) is 0 Å². The highest BCUT2D eigenvalue weighted by Gasteiger charge is 2.32. The molecule has 0 aromatic carbocycles. The van der Waals surface area contributed by atoms with E-state index in [1.807, 2.05) is 18.7 Å². The van der Waals surface area contributed by atoms with Crippen molar-refractivity contribution in [3.8, 4) is 0 Å². The van der Waals surface area contributed by atoms with Crippen LogP contribution in [0, 0.1) is 0 Å². The fourth-order valence-corrected chi connectivity index (χ4v) is 4.90. The molecule has 8 heteroatoms. The zero-order valence-corrected chi connectivity index (χ0v) is 13.5. The quantitative estimate of drug-likeness (QED) is 0.893. The molecule has 1 saturated heterocycles. The van der Waals surface area contributed by atoms with Gasteiger partial charge in [-0.1, -0.05) is 13.8 Å². The van der Waals surface area contributed by atoms with Crippen molar-refractivity contribution < 1.29 is 8.42 Å². The Morgan fingerprint density at radius 3 is 2.75 bits per heavy atom. The molecular weight excluding hydrogens is 296 g/mol. The standard InChI is InChI=1S/C12H20N4O2S2/c1-8(2)12-14-9(13)6-10(15-12)16-4-5-19-7-11(16)20(3,17)18/h6,8,11H,4-5,7H2,1-3H3,(H2,13,14,15). The monoisotopic (exact) mass is 316 g/mol. The van der Waals surface area contributed by atoms with E-state index in [1.54, 1.807) is 17.8 Å². The van der Waals surface area contributed by atoms with Crippen molar-refractivity contribution in [1.29, 1.82) is 0 Å². The SMILES string of the molecule is CC(C)c1nc(N)cc(N2CCSCC2S(C)(=O)=O)n1. The van der Waals surface area contributed by atoms with Crippen molar-refractivity contribution in [3.63, 3.8) is 0 Å². The molecule has 2 heterocycles. The molecule has 0 spiro atoms. The van der Waals surface area contributed by atoms with Crippen molar-refractivity contribution in [2.75, 3.05) is 34.9 Å². The van der Waals surface area contributed by atoms with Crippen LogP contribution in [-0.2, 0) is 9.84 Å². The van der Waals surface area contributed by atoms with Crippen LogP contribution >= 0.6 is 11.8 Å². The van der Waals surface area contributed by atoms with Gasteiger partial charge in [0.1, 0.15) is 22.8 Å². The van der Waals surface area contributed by atoms with Crippen LogP contribution in [-0.4, -0.2) is 48.1 Å². The summed E-state index contributed by atoms with van der Waals surface area (Å²) in [6.07, 6.45) is 1.27. The number of nitrogen functional groups attached to an aromatic ring is 1. The van der Waals surface area contributed by atoms with Crippen LogP contribution in [0.25, 0.3) is 0 Å². The first-order valence-corrected chi connectivity index (χ1v) is 9.57. The molecule has 2 rings (SSSR count). The van der Waals surface area contributed by atoms with Crippen LogP contribution in [0.2, 0.25) is 0 Å². The molecule has 20 heavy (non-hydrogen) atoms. The predicted octanol–water partition coefficient (Wildman–Crippen LogP) is 1.11. The molecule has 1 atom stereocenters. The highest BCUT2D eigenvalue weighted by molar-refractivity contribution is 8.01. The summed E-state index contributed by atoms with van der Waals surface area (Å²) >= 11 is 1.65. The Labute approximate surface area is 124 Å². The Bertz CT molecular complexity index is 589. The molecule has 0 saturated carbocycles. The molecule has 112 valence electrons. The third-order valence-electron chi connectivity index (χ3n) is 3.14. The molecule has 0 bridgehead atoms. The van der Waals surface area contributed by atoms with Crippen molar-refractivity contribution in [2.45, 2.75) is 25.1 Å². The van der Waals surface area contributed by atoms with E-state index < -0.39 is 15.2 Å². The second kappa shape index (κ2) is 5.77. The van der Waals surface area contributed by atoms with E-state index in [1.165, 1.54) is 6.26 Å². The maximum absolute atomic E-state index is 11.9. The Morgan fingerprint density at radius 2 is 2.15 bits per heavy atom. The molecule has 1 fully saturated rings. The number of nitrogens with zero attached hydrogens (tertiary/aromatic N) is 3. The Hall–Kier alpha value is -1.02. The largest absolute Gasteiger partial charge is 0.384 e. The van der Waals surface area contributed by atoms with Gasteiger partial charge in [0, 0.05) is 36.3 Å². The van der Waals surface area contributed by atoms with Crippen LogP contribution in [0.1, 0.15) is 25.6 Å². The van der Waals surface area contributed by atoms with E-state index in [9.17, 15) is 8.42 Å². The fourth-order valence-electron chi connectivity index (χ4n) is 2.07. The maximum atomic E-state index is 11.9. The third kappa shape index (κ3) is 3.35. The van der Waals surface area contributed by atoms with Crippen molar-refractivity contribution in [1.82, 2.24) is 9.97 Å². The zero-order valence-electron chi connectivity index (χ0n) is 11.9. The normalized spacial score (nSPS) is 20.4. The van der Waals surface area contributed by atoms with E-state index in [-0.39, 0.29) is 5.92 Å². The first-order valence-electron chi connectivity index (χ1n) is 6.46. The van der Waals surface area contributed by atoms with Crippen molar-refractivity contribution in [2.24, 2.45) is 0 Å². The summed E-state index contributed by atoms with van der Waals surface area (Å²) < 4.78 is 23.9. The molecule has 1 aliphatic heterocycles. The second-order valence-corrected chi connectivity index (χ2v) is 8.57. The van der Waals surface area contributed by atoms with Crippen LogP contribution in [0.4, 0.5) is 11.6 Å². The summed E-state index contributed by atoms with van der Waals surface area (Å²) in [5.74, 6) is 3.21. The fraction of sp³-hybridized carbons (Fsp3) is 0.667. The van der Waals surface area contributed by atoms with E-state index in [0.29, 0.717) is 29.8 Å². The van der Waals surface area contributed by atoms with Gasteiger partial charge in [0.05, 0.1) is 0 Å². The van der Waals surface area contributed by atoms with Crippen LogP contribution in [0.5, 0.6) is 0 Å². The zero-order chi connectivity index (χ0) is 14.9. The second-order valence-electron chi connectivity index (χ2n) is 5.22. The number of hydrogen-bond acceptors (Lipinski definition) is 7. The van der Waals surface area contributed by atoms with Crippen molar-refractivity contribution >= 4 is 33.2 Å². The highest BCUT2D eigenvalue weighted by atomic mass is 32.2. The molecule has 1 aromatic rings. The molecule has 0 radical (unpaired) electrons. The van der Waals surface area contributed by atoms with E-state index >= 15 is 0 Å². The van der Waals surface area contributed by atoms with Crippen LogP contribution in [0.15, 0.2) is 6.07 Å². The lowest BCUT2D eigenvalue weighted by atomic mass is 10.2. The molecule has 2 N–H and O–H groups in total.